The Bertz CT molecular complexity index is 439. The van der Waals surface area contributed by atoms with Crippen LogP contribution in [-0.2, 0) is 6.42 Å². The number of methoxy groups -OCH3 is 1. The second-order valence-corrected chi connectivity index (χ2v) is 3.69. The van der Waals surface area contributed by atoms with Crippen LogP contribution in [0.4, 0.5) is 0 Å². The molecule has 0 amide bonds. The highest BCUT2D eigenvalue weighted by Gasteiger charge is 2.04. The standard InChI is InChI=1S/C10H9BrN2O2/c1-14-8-4-2-7(3-5-8)6-9-12-10(11)13-15-9/h2-5H,6H2,1H3. The van der Waals surface area contributed by atoms with Crippen LogP contribution in [0.1, 0.15) is 11.5 Å². The molecule has 1 aromatic carbocycles. The molecule has 0 aliphatic heterocycles. The van der Waals surface area contributed by atoms with E-state index in [2.05, 4.69) is 26.1 Å². The van der Waals surface area contributed by atoms with Crippen LogP contribution in [0.3, 0.4) is 0 Å². The minimum Gasteiger partial charge on any atom is -0.497 e. The number of rotatable bonds is 3. The Kier molecular flexibility index (Phi) is 3.01. The molecule has 1 heterocycles. The number of nitrogens with zero attached hydrogens (tertiary/aromatic N) is 2. The number of halogens is 1. The number of hydrogen-bond acceptors (Lipinski definition) is 4. The summed E-state index contributed by atoms with van der Waals surface area (Å²) in [5.41, 5.74) is 1.10. The highest BCUT2D eigenvalue weighted by atomic mass is 79.9. The highest BCUT2D eigenvalue weighted by molar-refractivity contribution is 9.10. The third-order valence-corrected chi connectivity index (χ3v) is 2.28. The quantitative estimate of drug-likeness (QED) is 0.858. The fourth-order valence-electron chi connectivity index (χ4n) is 1.22. The van der Waals surface area contributed by atoms with Crippen LogP contribution in [0.2, 0.25) is 0 Å². The summed E-state index contributed by atoms with van der Waals surface area (Å²) in [5.74, 6) is 1.43. The molecule has 0 bridgehead atoms. The molecular weight excluding hydrogens is 260 g/mol. The van der Waals surface area contributed by atoms with Crippen molar-refractivity contribution in [2.45, 2.75) is 6.42 Å². The molecule has 0 aliphatic carbocycles. The third-order valence-electron chi connectivity index (χ3n) is 1.96. The van der Waals surface area contributed by atoms with Crippen molar-refractivity contribution in [2.75, 3.05) is 7.11 Å². The molecule has 1 aromatic heterocycles. The second-order valence-electron chi connectivity index (χ2n) is 2.98. The SMILES string of the molecule is COc1ccc(Cc2nc(Br)no2)cc1. The predicted molar refractivity (Wildman–Crippen MR) is 57.8 cm³/mol. The van der Waals surface area contributed by atoms with Crippen molar-refractivity contribution >= 4 is 15.9 Å². The van der Waals surface area contributed by atoms with Crippen molar-refractivity contribution in [3.63, 3.8) is 0 Å². The van der Waals surface area contributed by atoms with E-state index in [9.17, 15) is 0 Å². The minimum absolute atomic E-state index is 0.478. The van der Waals surface area contributed by atoms with E-state index >= 15 is 0 Å². The lowest BCUT2D eigenvalue weighted by Gasteiger charge is -2.00. The van der Waals surface area contributed by atoms with E-state index in [0.29, 0.717) is 17.0 Å². The van der Waals surface area contributed by atoms with Crippen molar-refractivity contribution in [1.29, 1.82) is 0 Å². The first-order chi connectivity index (χ1) is 7.28. The first-order valence-corrected chi connectivity index (χ1v) is 5.18. The third kappa shape index (κ3) is 2.56. The number of aromatic nitrogens is 2. The van der Waals surface area contributed by atoms with Gasteiger partial charge in [-0.15, -0.1) is 0 Å². The van der Waals surface area contributed by atoms with Crippen molar-refractivity contribution in [3.05, 3.63) is 40.5 Å². The summed E-state index contributed by atoms with van der Waals surface area (Å²) in [6.07, 6.45) is 0.628. The summed E-state index contributed by atoms with van der Waals surface area (Å²) in [4.78, 5) is 4.06. The van der Waals surface area contributed by atoms with Gasteiger partial charge in [0, 0.05) is 0 Å². The van der Waals surface area contributed by atoms with Gasteiger partial charge in [0.2, 0.25) is 10.6 Å². The van der Waals surface area contributed by atoms with E-state index in [0.717, 1.165) is 11.3 Å². The van der Waals surface area contributed by atoms with Crippen LogP contribution in [-0.4, -0.2) is 17.3 Å². The Hall–Kier alpha value is -1.36. The van der Waals surface area contributed by atoms with Crippen LogP contribution in [0.25, 0.3) is 0 Å². The second kappa shape index (κ2) is 4.44. The molecule has 0 unspecified atom stereocenters. The largest absolute Gasteiger partial charge is 0.497 e. The lowest BCUT2D eigenvalue weighted by Crippen LogP contribution is -1.89. The van der Waals surface area contributed by atoms with Crippen LogP contribution in [0, 0.1) is 0 Å². The highest BCUT2D eigenvalue weighted by Crippen LogP contribution is 2.14. The molecule has 0 atom stereocenters. The van der Waals surface area contributed by atoms with E-state index < -0.39 is 0 Å². The van der Waals surface area contributed by atoms with Crippen molar-refractivity contribution < 1.29 is 9.26 Å². The molecule has 0 aliphatic rings. The summed E-state index contributed by atoms with van der Waals surface area (Å²) < 4.78 is 10.5. The van der Waals surface area contributed by atoms with Gasteiger partial charge < -0.3 is 9.26 Å². The summed E-state index contributed by atoms with van der Waals surface area (Å²) in [6, 6.07) is 7.75. The van der Waals surface area contributed by atoms with Gasteiger partial charge in [0.1, 0.15) is 5.75 Å². The van der Waals surface area contributed by atoms with Crippen LogP contribution < -0.4 is 4.74 Å². The normalized spacial score (nSPS) is 10.3. The van der Waals surface area contributed by atoms with Gasteiger partial charge in [0.25, 0.3) is 0 Å². The molecule has 78 valence electrons. The van der Waals surface area contributed by atoms with Gasteiger partial charge in [0.05, 0.1) is 13.5 Å². The van der Waals surface area contributed by atoms with Gasteiger partial charge in [-0.05, 0) is 38.8 Å². The Morgan fingerprint density at radius 2 is 2.07 bits per heavy atom. The lowest BCUT2D eigenvalue weighted by molar-refractivity contribution is 0.381. The molecule has 2 rings (SSSR count). The maximum atomic E-state index is 5.06. The van der Waals surface area contributed by atoms with Gasteiger partial charge in [-0.25, -0.2) is 0 Å². The zero-order valence-electron chi connectivity index (χ0n) is 8.11. The summed E-state index contributed by atoms with van der Waals surface area (Å²) >= 11 is 3.13. The van der Waals surface area contributed by atoms with E-state index in [1.165, 1.54) is 0 Å². The molecule has 4 nitrogen and oxygen atoms in total. The molecule has 0 fully saturated rings. The molecule has 0 saturated carbocycles. The molecule has 5 heteroatoms. The fraction of sp³-hybridized carbons (Fsp3) is 0.200. The molecule has 0 spiro atoms. The number of ether oxygens (including phenoxy) is 1. The molecule has 2 aromatic rings. The van der Waals surface area contributed by atoms with Crippen LogP contribution in [0.5, 0.6) is 5.75 Å². The van der Waals surface area contributed by atoms with Crippen molar-refractivity contribution in [3.8, 4) is 5.75 Å². The van der Waals surface area contributed by atoms with Gasteiger partial charge in [0.15, 0.2) is 0 Å². The Morgan fingerprint density at radius 3 is 2.60 bits per heavy atom. The summed E-state index contributed by atoms with van der Waals surface area (Å²) in [6.45, 7) is 0. The maximum Gasteiger partial charge on any atom is 0.238 e. The van der Waals surface area contributed by atoms with Crippen LogP contribution in [0.15, 0.2) is 33.5 Å². The van der Waals surface area contributed by atoms with Crippen LogP contribution >= 0.6 is 15.9 Å². The number of hydrogen-bond donors (Lipinski definition) is 0. The topological polar surface area (TPSA) is 48.2 Å². The fourth-order valence-corrected chi connectivity index (χ4v) is 1.49. The monoisotopic (exact) mass is 268 g/mol. The molecular formula is C10H9BrN2O2. The Morgan fingerprint density at radius 1 is 1.33 bits per heavy atom. The first-order valence-electron chi connectivity index (χ1n) is 4.39. The van der Waals surface area contributed by atoms with E-state index in [1.54, 1.807) is 7.11 Å². The summed E-state index contributed by atoms with van der Waals surface area (Å²) in [5, 5.41) is 3.65. The van der Waals surface area contributed by atoms with Gasteiger partial charge in [-0.2, -0.15) is 4.98 Å². The average Bonchev–Trinajstić information content (AvgIpc) is 2.65. The lowest BCUT2D eigenvalue weighted by atomic mass is 10.1. The zero-order chi connectivity index (χ0) is 10.7. The molecule has 0 N–H and O–H groups in total. The molecule has 0 radical (unpaired) electrons. The zero-order valence-corrected chi connectivity index (χ0v) is 9.69. The summed E-state index contributed by atoms with van der Waals surface area (Å²) in [7, 11) is 1.64. The molecule has 15 heavy (non-hydrogen) atoms. The van der Waals surface area contributed by atoms with Gasteiger partial charge in [-0.3, -0.25) is 0 Å². The smallest absolute Gasteiger partial charge is 0.238 e. The van der Waals surface area contributed by atoms with E-state index in [4.69, 9.17) is 9.26 Å². The maximum absolute atomic E-state index is 5.06. The predicted octanol–water partition coefficient (Wildman–Crippen LogP) is 2.43. The van der Waals surface area contributed by atoms with Gasteiger partial charge in [-0.1, -0.05) is 12.1 Å². The average molecular weight is 269 g/mol. The Labute approximate surface area is 95.4 Å². The van der Waals surface area contributed by atoms with Crippen molar-refractivity contribution in [2.24, 2.45) is 0 Å². The van der Waals surface area contributed by atoms with E-state index in [1.807, 2.05) is 24.3 Å². The minimum atomic E-state index is 0.478. The Balaban J connectivity index is 2.11. The van der Waals surface area contributed by atoms with E-state index in [-0.39, 0.29) is 0 Å². The van der Waals surface area contributed by atoms with Crippen molar-refractivity contribution in [1.82, 2.24) is 10.1 Å². The number of benzene rings is 1. The van der Waals surface area contributed by atoms with Gasteiger partial charge >= 0.3 is 0 Å². The first kappa shape index (κ1) is 10.2. The molecule has 0 saturated heterocycles.